The molecule has 0 bridgehead atoms. The summed E-state index contributed by atoms with van der Waals surface area (Å²) in [6.07, 6.45) is 1.64. The van der Waals surface area contributed by atoms with Crippen LogP contribution in [-0.2, 0) is 13.6 Å². The summed E-state index contributed by atoms with van der Waals surface area (Å²) < 4.78 is 2.68. The second-order valence-electron chi connectivity index (χ2n) is 6.14. The molecule has 0 saturated heterocycles. The maximum absolute atomic E-state index is 13.2. The summed E-state index contributed by atoms with van der Waals surface area (Å²) in [7, 11) is 1.77. The summed E-state index contributed by atoms with van der Waals surface area (Å²) >= 11 is 1.53. The average molecular weight is 362 g/mol. The van der Waals surface area contributed by atoms with Gasteiger partial charge in [-0.2, -0.15) is 5.10 Å². The number of rotatable bonds is 4. The summed E-state index contributed by atoms with van der Waals surface area (Å²) in [6.45, 7) is 2.50. The van der Waals surface area contributed by atoms with Gasteiger partial charge >= 0.3 is 0 Å². The van der Waals surface area contributed by atoms with E-state index in [0.717, 1.165) is 21.3 Å². The lowest BCUT2D eigenvalue weighted by molar-refractivity contribution is 0.0976. The van der Waals surface area contributed by atoms with Crippen molar-refractivity contribution in [1.82, 2.24) is 14.8 Å². The molecule has 0 atom stereocenters. The Hall–Kier alpha value is -2.99. The minimum atomic E-state index is -0.106. The predicted molar refractivity (Wildman–Crippen MR) is 105 cm³/mol. The normalized spacial score (nSPS) is 11.0. The molecule has 0 unspecified atom stereocenters. The van der Waals surface area contributed by atoms with Gasteiger partial charge in [-0.1, -0.05) is 53.8 Å². The van der Waals surface area contributed by atoms with Crippen LogP contribution in [0.15, 0.2) is 60.8 Å². The van der Waals surface area contributed by atoms with E-state index < -0.39 is 0 Å². The summed E-state index contributed by atoms with van der Waals surface area (Å²) in [5.41, 5.74) is 3.65. The number of anilines is 1. The van der Waals surface area contributed by atoms with E-state index in [0.29, 0.717) is 17.4 Å². The number of fused-ring (bicyclic) bond motifs is 1. The Morgan fingerprint density at radius 2 is 1.92 bits per heavy atom. The first-order valence-corrected chi connectivity index (χ1v) is 9.15. The molecule has 0 radical (unpaired) electrons. The Balaban J connectivity index is 1.80. The van der Waals surface area contributed by atoms with E-state index in [2.05, 4.69) is 5.10 Å². The highest BCUT2D eigenvalue weighted by molar-refractivity contribution is 7.22. The number of amides is 1. The van der Waals surface area contributed by atoms with Gasteiger partial charge in [0.15, 0.2) is 5.13 Å². The molecule has 0 spiro atoms. The lowest BCUT2D eigenvalue weighted by Gasteiger charge is -2.20. The van der Waals surface area contributed by atoms with E-state index >= 15 is 0 Å². The van der Waals surface area contributed by atoms with E-state index in [-0.39, 0.29) is 5.91 Å². The highest BCUT2D eigenvalue weighted by atomic mass is 32.1. The second-order valence-corrected chi connectivity index (χ2v) is 7.14. The predicted octanol–water partition coefficient (Wildman–Crippen LogP) is 4.19. The first-order valence-electron chi connectivity index (χ1n) is 8.33. The molecule has 4 aromatic rings. The average Bonchev–Trinajstić information content (AvgIpc) is 3.27. The quantitative estimate of drug-likeness (QED) is 0.547. The molecule has 5 nitrogen and oxygen atoms in total. The van der Waals surface area contributed by atoms with Crippen molar-refractivity contribution in [2.75, 3.05) is 4.90 Å². The number of nitrogens with zero attached hydrogens (tertiary/aromatic N) is 4. The fourth-order valence-corrected chi connectivity index (χ4v) is 3.95. The van der Waals surface area contributed by atoms with Gasteiger partial charge in [0.2, 0.25) is 0 Å². The zero-order valence-electron chi connectivity index (χ0n) is 14.6. The molecule has 1 amide bonds. The molecule has 2 aromatic carbocycles. The molecule has 130 valence electrons. The van der Waals surface area contributed by atoms with Crippen LogP contribution in [0.4, 0.5) is 5.13 Å². The zero-order valence-corrected chi connectivity index (χ0v) is 15.4. The van der Waals surface area contributed by atoms with Crippen LogP contribution < -0.4 is 4.90 Å². The van der Waals surface area contributed by atoms with E-state index in [4.69, 9.17) is 4.98 Å². The molecule has 0 aliphatic carbocycles. The van der Waals surface area contributed by atoms with Crippen LogP contribution in [-0.4, -0.2) is 20.7 Å². The first kappa shape index (κ1) is 16.5. The summed E-state index contributed by atoms with van der Waals surface area (Å²) in [5.74, 6) is -0.106. The van der Waals surface area contributed by atoms with Gasteiger partial charge in [0.1, 0.15) is 5.69 Å². The van der Waals surface area contributed by atoms with Gasteiger partial charge < -0.3 is 0 Å². The minimum Gasteiger partial charge on any atom is -0.278 e. The van der Waals surface area contributed by atoms with Gasteiger partial charge in [-0.15, -0.1) is 0 Å². The molecule has 6 heteroatoms. The molecular weight excluding hydrogens is 344 g/mol. The molecule has 2 heterocycles. The van der Waals surface area contributed by atoms with Gasteiger partial charge in [-0.3, -0.25) is 14.4 Å². The molecule has 0 saturated carbocycles. The zero-order chi connectivity index (χ0) is 18.1. The van der Waals surface area contributed by atoms with Crippen LogP contribution >= 0.6 is 11.3 Å². The third-order valence-corrected chi connectivity index (χ3v) is 5.35. The van der Waals surface area contributed by atoms with Crippen LogP contribution in [0, 0.1) is 6.92 Å². The van der Waals surface area contributed by atoms with Crippen molar-refractivity contribution in [2.45, 2.75) is 13.5 Å². The van der Waals surface area contributed by atoms with Crippen molar-refractivity contribution in [3.63, 3.8) is 0 Å². The van der Waals surface area contributed by atoms with Crippen LogP contribution in [0.25, 0.3) is 10.2 Å². The highest BCUT2D eigenvalue weighted by Gasteiger charge is 2.24. The number of hydrogen-bond donors (Lipinski definition) is 0. The molecular formula is C20H18N4OS. The molecule has 26 heavy (non-hydrogen) atoms. The van der Waals surface area contributed by atoms with Crippen molar-refractivity contribution in [2.24, 2.45) is 7.05 Å². The largest absolute Gasteiger partial charge is 0.278 e. The Morgan fingerprint density at radius 1 is 1.12 bits per heavy atom. The summed E-state index contributed by atoms with van der Waals surface area (Å²) in [6, 6.07) is 17.8. The van der Waals surface area contributed by atoms with E-state index in [1.165, 1.54) is 11.3 Å². The number of para-hydroxylation sites is 1. The Morgan fingerprint density at radius 3 is 2.62 bits per heavy atom. The minimum absolute atomic E-state index is 0.106. The van der Waals surface area contributed by atoms with Gasteiger partial charge in [-0.25, -0.2) is 4.98 Å². The van der Waals surface area contributed by atoms with Crippen LogP contribution in [0.3, 0.4) is 0 Å². The molecule has 0 aliphatic heterocycles. The Labute approximate surface area is 155 Å². The second kappa shape index (κ2) is 6.72. The van der Waals surface area contributed by atoms with Crippen molar-refractivity contribution in [3.05, 3.63) is 77.6 Å². The lowest BCUT2D eigenvalue weighted by Crippen LogP contribution is -2.31. The number of aromatic nitrogens is 3. The van der Waals surface area contributed by atoms with Gasteiger partial charge in [0, 0.05) is 13.2 Å². The summed E-state index contributed by atoms with van der Waals surface area (Å²) in [5, 5.41) is 4.83. The molecule has 0 aliphatic rings. The van der Waals surface area contributed by atoms with Crippen LogP contribution in [0.5, 0.6) is 0 Å². The van der Waals surface area contributed by atoms with E-state index in [9.17, 15) is 4.79 Å². The van der Waals surface area contributed by atoms with Gasteiger partial charge in [-0.05, 0) is 30.2 Å². The van der Waals surface area contributed by atoms with Crippen molar-refractivity contribution in [1.29, 1.82) is 0 Å². The van der Waals surface area contributed by atoms with E-state index in [1.807, 2.05) is 55.5 Å². The van der Waals surface area contributed by atoms with E-state index in [1.54, 1.807) is 28.9 Å². The number of carbonyl (C=O) groups excluding carboxylic acids is 1. The van der Waals surface area contributed by atoms with Gasteiger partial charge in [0.25, 0.3) is 5.91 Å². The monoisotopic (exact) mass is 362 g/mol. The number of aryl methyl sites for hydroxylation is 2. The van der Waals surface area contributed by atoms with Crippen molar-refractivity contribution in [3.8, 4) is 0 Å². The summed E-state index contributed by atoms with van der Waals surface area (Å²) in [4.78, 5) is 19.7. The molecule has 0 fully saturated rings. The van der Waals surface area contributed by atoms with Crippen LogP contribution in [0.1, 0.15) is 21.6 Å². The fourth-order valence-electron chi connectivity index (χ4n) is 2.90. The maximum atomic E-state index is 13.2. The third-order valence-electron chi connectivity index (χ3n) is 4.31. The molecule has 2 aromatic heterocycles. The first-order chi connectivity index (χ1) is 12.6. The number of benzene rings is 2. The number of hydrogen-bond acceptors (Lipinski definition) is 4. The highest BCUT2D eigenvalue weighted by Crippen LogP contribution is 2.32. The smallest absolute Gasteiger partial charge is 0.278 e. The SMILES string of the molecule is Cc1cccc2sc(N(Cc3ccccc3)C(=O)c3ccnn3C)nc12. The Kier molecular flexibility index (Phi) is 4.26. The standard InChI is InChI=1S/C20H18N4OS/c1-14-7-6-10-17-18(14)22-20(26-17)24(13-15-8-4-3-5-9-15)19(25)16-11-12-21-23(16)2/h3-12H,13H2,1-2H3. The van der Waals surface area contributed by atoms with Crippen molar-refractivity contribution >= 4 is 32.6 Å². The lowest BCUT2D eigenvalue weighted by atomic mass is 10.2. The molecule has 0 N–H and O–H groups in total. The number of carbonyl (C=O) groups is 1. The van der Waals surface area contributed by atoms with Gasteiger partial charge in [0.05, 0.1) is 16.8 Å². The number of thiazole rings is 1. The maximum Gasteiger partial charge on any atom is 0.278 e. The van der Waals surface area contributed by atoms with Crippen LogP contribution in [0.2, 0.25) is 0 Å². The third kappa shape index (κ3) is 2.99. The topological polar surface area (TPSA) is 51.0 Å². The molecule has 4 rings (SSSR count). The fraction of sp³-hybridized carbons (Fsp3) is 0.150. The van der Waals surface area contributed by atoms with Crippen molar-refractivity contribution < 1.29 is 4.79 Å². The Bertz CT molecular complexity index is 1070.